The van der Waals surface area contributed by atoms with E-state index in [-0.39, 0.29) is 6.04 Å². The molecule has 112 valence electrons. The lowest BCUT2D eigenvalue weighted by Crippen LogP contribution is -2.32. The zero-order valence-corrected chi connectivity index (χ0v) is 15.3. The van der Waals surface area contributed by atoms with Gasteiger partial charge in [0.1, 0.15) is 0 Å². The first-order chi connectivity index (χ1) is 10.1. The Morgan fingerprint density at radius 1 is 1.05 bits per heavy atom. The van der Waals surface area contributed by atoms with Crippen molar-refractivity contribution in [1.29, 1.82) is 0 Å². The molecule has 2 nitrogen and oxygen atoms in total. The fourth-order valence-corrected chi connectivity index (χ4v) is 3.04. The smallest absolute Gasteiger partial charge is 0.0467 e. The standard InChI is InChI=1S/C17H20Br2N2/c1-21(10-9-13-5-3-2-4-6-13)17(12-20)14-7-8-15(18)16(19)11-14/h2-8,11,17H,9-10,12,20H2,1H3. The van der Waals surface area contributed by atoms with Crippen LogP contribution in [0, 0.1) is 0 Å². The number of rotatable bonds is 6. The Hall–Kier alpha value is -0.680. The topological polar surface area (TPSA) is 29.3 Å². The summed E-state index contributed by atoms with van der Waals surface area (Å²) in [5, 5.41) is 0. The molecule has 2 rings (SSSR count). The third-order valence-electron chi connectivity index (χ3n) is 3.68. The summed E-state index contributed by atoms with van der Waals surface area (Å²) in [5.74, 6) is 0. The van der Waals surface area contributed by atoms with Crippen molar-refractivity contribution in [2.24, 2.45) is 5.73 Å². The van der Waals surface area contributed by atoms with Crippen LogP contribution in [0.2, 0.25) is 0 Å². The van der Waals surface area contributed by atoms with Crippen LogP contribution >= 0.6 is 31.9 Å². The molecule has 0 saturated heterocycles. The van der Waals surface area contributed by atoms with Crippen molar-refractivity contribution in [1.82, 2.24) is 4.90 Å². The monoisotopic (exact) mass is 410 g/mol. The molecule has 2 aromatic rings. The minimum Gasteiger partial charge on any atom is -0.329 e. The molecule has 1 unspecified atom stereocenters. The molecule has 0 aliphatic carbocycles. The summed E-state index contributed by atoms with van der Waals surface area (Å²) in [7, 11) is 2.14. The van der Waals surface area contributed by atoms with Gasteiger partial charge >= 0.3 is 0 Å². The van der Waals surface area contributed by atoms with E-state index in [0.717, 1.165) is 21.9 Å². The van der Waals surface area contributed by atoms with Crippen LogP contribution in [0.25, 0.3) is 0 Å². The Bertz CT molecular complexity index is 572. The predicted octanol–water partition coefficient (Wildman–Crippen LogP) is 4.39. The first-order valence-electron chi connectivity index (χ1n) is 7.01. The zero-order valence-electron chi connectivity index (χ0n) is 12.1. The minimum atomic E-state index is 0.234. The van der Waals surface area contributed by atoms with Crippen molar-refractivity contribution in [3.8, 4) is 0 Å². The summed E-state index contributed by atoms with van der Waals surface area (Å²) in [5.41, 5.74) is 8.59. The molecule has 2 N–H and O–H groups in total. The molecule has 0 aliphatic rings. The van der Waals surface area contributed by atoms with Crippen molar-refractivity contribution in [2.45, 2.75) is 12.5 Å². The molecule has 0 amide bonds. The average molecular weight is 412 g/mol. The van der Waals surface area contributed by atoms with E-state index < -0.39 is 0 Å². The van der Waals surface area contributed by atoms with Gasteiger partial charge in [-0.25, -0.2) is 0 Å². The van der Waals surface area contributed by atoms with Crippen LogP contribution in [-0.4, -0.2) is 25.0 Å². The molecule has 0 spiro atoms. The maximum Gasteiger partial charge on any atom is 0.0467 e. The second-order valence-corrected chi connectivity index (χ2v) is 6.85. The van der Waals surface area contributed by atoms with Crippen molar-refractivity contribution >= 4 is 31.9 Å². The molecule has 21 heavy (non-hydrogen) atoms. The first kappa shape index (κ1) is 16.7. The van der Waals surface area contributed by atoms with Crippen LogP contribution in [0.1, 0.15) is 17.2 Å². The van der Waals surface area contributed by atoms with E-state index in [0.29, 0.717) is 6.54 Å². The summed E-state index contributed by atoms with van der Waals surface area (Å²) < 4.78 is 2.13. The minimum absolute atomic E-state index is 0.234. The zero-order chi connectivity index (χ0) is 15.2. The van der Waals surface area contributed by atoms with E-state index in [1.54, 1.807) is 0 Å². The van der Waals surface area contributed by atoms with Crippen LogP contribution in [0.5, 0.6) is 0 Å². The molecular formula is C17H20Br2N2. The van der Waals surface area contributed by atoms with Crippen molar-refractivity contribution in [3.63, 3.8) is 0 Å². The Kier molecular flexibility index (Phi) is 6.42. The summed E-state index contributed by atoms with van der Waals surface area (Å²) in [6.07, 6.45) is 1.03. The number of hydrogen-bond donors (Lipinski definition) is 1. The van der Waals surface area contributed by atoms with Crippen LogP contribution in [0.15, 0.2) is 57.5 Å². The number of benzene rings is 2. The first-order valence-corrected chi connectivity index (χ1v) is 8.59. The number of nitrogens with two attached hydrogens (primary N) is 1. The maximum atomic E-state index is 5.99. The molecule has 1 atom stereocenters. The van der Waals surface area contributed by atoms with Gasteiger partial charge in [0.05, 0.1) is 0 Å². The molecule has 0 aromatic heterocycles. The SMILES string of the molecule is CN(CCc1ccccc1)C(CN)c1ccc(Br)c(Br)c1. The van der Waals surface area contributed by atoms with Gasteiger partial charge in [0.15, 0.2) is 0 Å². The van der Waals surface area contributed by atoms with E-state index in [9.17, 15) is 0 Å². The molecule has 0 saturated carbocycles. The quantitative estimate of drug-likeness (QED) is 0.763. The summed E-state index contributed by atoms with van der Waals surface area (Å²) in [6, 6.07) is 17.1. The highest BCUT2D eigenvalue weighted by molar-refractivity contribution is 9.13. The van der Waals surface area contributed by atoms with Gasteiger partial charge in [-0.3, -0.25) is 4.90 Å². The Labute approximate surface area is 143 Å². The van der Waals surface area contributed by atoms with Crippen molar-refractivity contribution in [2.75, 3.05) is 20.1 Å². The van der Waals surface area contributed by atoms with Gasteiger partial charge in [0.25, 0.3) is 0 Å². The highest BCUT2D eigenvalue weighted by Gasteiger charge is 2.16. The Morgan fingerprint density at radius 2 is 1.76 bits per heavy atom. The van der Waals surface area contributed by atoms with E-state index >= 15 is 0 Å². The fourth-order valence-electron chi connectivity index (χ4n) is 2.40. The van der Waals surface area contributed by atoms with Crippen LogP contribution < -0.4 is 5.73 Å². The lowest BCUT2D eigenvalue weighted by atomic mass is 10.0. The van der Waals surface area contributed by atoms with Gasteiger partial charge in [-0.1, -0.05) is 36.4 Å². The Morgan fingerprint density at radius 3 is 2.38 bits per heavy atom. The van der Waals surface area contributed by atoms with Crippen molar-refractivity contribution < 1.29 is 0 Å². The van der Waals surface area contributed by atoms with Gasteiger partial charge in [-0.05, 0) is 68.6 Å². The van der Waals surface area contributed by atoms with Crippen LogP contribution in [0.3, 0.4) is 0 Å². The van der Waals surface area contributed by atoms with Gasteiger partial charge in [-0.15, -0.1) is 0 Å². The van der Waals surface area contributed by atoms with Gasteiger partial charge in [0, 0.05) is 28.1 Å². The maximum absolute atomic E-state index is 5.99. The predicted molar refractivity (Wildman–Crippen MR) is 96.4 cm³/mol. The van der Waals surface area contributed by atoms with Crippen LogP contribution in [0.4, 0.5) is 0 Å². The van der Waals surface area contributed by atoms with Crippen LogP contribution in [-0.2, 0) is 6.42 Å². The highest BCUT2D eigenvalue weighted by atomic mass is 79.9. The molecule has 0 bridgehead atoms. The van der Waals surface area contributed by atoms with Gasteiger partial charge < -0.3 is 5.73 Å². The molecule has 2 aromatic carbocycles. The second-order valence-electron chi connectivity index (χ2n) is 5.14. The number of hydrogen-bond acceptors (Lipinski definition) is 2. The van der Waals surface area contributed by atoms with E-state index in [1.807, 2.05) is 0 Å². The van der Waals surface area contributed by atoms with Gasteiger partial charge in [-0.2, -0.15) is 0 Å². The lowest BCUT2D eigenvalue weighted by molar-refractivity contribution is 0.253. The summed E-state index contributed by atoms with van der Waals surface area (Å²) in [6.45, 7) is 1.60. The summed E-state index contributed by atoms with van der Waals surface area (Å²) >= 11 is 7.07. The third kappa shape index (κ3) is 4.65. The number of nitrogens with zero attached hydrogens (tertiary/aromatic N) is 1. The van der Waals surface area contributed by atoms with E-state index in [1.165, 1.54) is 11.1 Å². The highest BCUT2D eigenvalue weighted by Crippen LogP contribution is 2.28. The largest absolute Gasteiger partial charge is 0.329 e. The Balaban J connectivity index is 2.04. The molecule has 0 radical (unpaired) electrons. The average Bonchev–Trinajstić information content (AvgIpc) is 2.50. The van der Waals surface area contributed by atoms with Crippen molar-refractivity contribution in [3.05, 3.63) is 68.6 Å². The number of halogens is 2. The normalized spacial score (nSPS) is 12.6. The fraction of sp³-hybridized carbons (Fsp3) is 0.294. The van der Waals surface area contributed by atoms with E-state index in [2.05, 4.69) is 92.3 Å². The molecular weight excluding hydrogens is 392 g/mol. The number of likely N-dealkylation sites (N-methyl/N-ethyl adjacent to an activating group) is 1. The molecule has 0 heterocycles. The third-order valence-corrected chi connectivity index (χ3v) is 5.56. The molecule has 0 aliphatic heterocycles. The molecule has 0 fully saturated rings. The summed E-state index contributed by atoms with van der Waals surface area (Å²) in [4.78, 5) is 2.32. The van der Waals surface area contributed by atoms with Gasteiger partial charge in [0.2, 0.25) is 0 Å². The second kappa shape index (κ2) is 8.08. The van der Waals surface area contributed by atoms with E-state index in [4.69, 9.17) is 5.73 Å². The lowest BCUT2D eigenvalue weighted by Gasteiger charge is -2.27. The molecule has 4 heteroatoms.